The molecular formula is C49H48N6O4. The second-order valence-electron chi connectivity index (χ2n) is 14.8. The Labute approximate surface area is 347 Å². The SMILES string of the molecule is CC#Cc1cc(C)c(C2=C(OC)CC(Cc3ccc(C#N)c(NC)n3)C2=O)c(C)c1.CC#Cc1cc(C)c(C2C(=O)CC(Cc3ccc(C#N)c(NC)n3)C2=O)c(C)c1. The number of aryl methyl sites for hydroxylation is 4. The van der Waals surface area contributed by atoms with Crippen LogP contribution in [-0.2, 0) is 32.0 Å². The third-order valence-electron chi connectivity index (χ3n) is 10.8. The Morgan fingerprint density at radius 3 is 1.63 bits per heavy atom. The summed E-state index contributed by atoms with van der Waals surface area (Å²) in [7, 11) is 5.05. The van der Waals surface area contributed by atoms with Crippen LogP contribution in [0.1, 0.15) is 99.6 Å². The minimum absolute atomic E-state index is 0.0389. The van der Waals surface area contributed by atoms with Crippen molar-refractivity contribution < 1.29 is 19.1 Å². The lowest BCUT2D eigenvalue weighted by molar-refractivity contribution is -0.125. The summed E-state index contributed by atoms with van der Waals surface area (Å²) in [6.45, 7) is 11.5. The van der Waals surface area contributed by atoms with Gasteiger partial charge in [0.05, 0.1) is 23.8 Å². The maximum atomic E-state index is 13.4. The molecule has 6 rings (SSSR count). The zero-order chi connectivity index (χ0) is 43.0. The Morgan fingerprint density at radius 2 is 1.19 bits per heavy atom. The monoisotopic (exact) mass is 784 g/mol. The number of rotatable bonds is 9. The number of nitriles is 2. The lowest BCUT2D eigenvalue weighted by atomic mass is 9.86. The van der Waals surface area contributed by atoms with E-state index in [9.17, 15) is 19.6 Å². The largest absolute Gasteiger partial charge is 0.500 e. The number of benzene rings is 2. The summed E-state index contributed by atoms with van der Waals surface area (Å²) in [6, 6.07) is 19.1. The average Bonchev–Trinajstić information content (AvgIpc) is 3.66. The van der Waals surface area contributed by atoms with Gasteiger partial charge in [-0.25, -0.2) is 9.97 Å². The molecule has 0 saturated heterocycles. The Morgan fingerprint density at radius 1 is 0.712 bits per heavy atom. The highest BCUT2D eigenvalue weighted by molar-refractivity contribution is 6.25. The van der Waals surface area contributed by atoms with Gasteiger partial charge in [-0.1, -0.05) is 11.8 Å². The second kappa shape index (κ2) is 19.0. The van der Waals surface area contributed by atoms with Gasteiger partial charge in [-0.2, -0.15) is 10.5 Å². The molecule has 4 aromatic rings. The summed E-state index contributed by atoms with van der Waals surface area (Å²) >= 11 is 0. The van der Waals surface area contributed by atoms with Crippen molar-refractivity contribution in [1.29, 1.82) is 10.5 Å². The van der Waals surface area contributed by atoms with Crippen LogP contribution in [-0.4, -0.2) is 48.5 Å². The van der Waals surface area contributed by atoms with Crippen molar-refractivity contribution in [2.75, 3.05) is 31.8 Å². The molecule has 2 aliphatic carbocycles. The van der Waals surface area contributed by atoms with Crippen molar-refractivity contribution in [1.82, 2.24) is 9.97 Å². The highest BCUT2D eigenvalue weighted by Crippen LogP contribution is 2.40. The topological polar surface area (TPSA) is 158 Å². The van der Waals surface area contributed by atoms with E-state index in [4.69, 9.17) is 10.00 Å². The molecule has 0 aliphatic heterocycles. The van der Waals surface area contributed by atoms with Crippen LogP contribution in [0.25, 0.3) is 5.57 Å². The summed E-state index contributed by atoms with van der Waals surface area (Å²) in [5.41, 5.74) is 10.5. The van der Waals surface area contributed by atoms with E-state index in [0.29, 0.717) is 59.1 Å². The summed E-state index contributed by atoms with van der Waals surface area (Å²) in [5.74, 6) is 12.3. The fourth-order valence-electron chi connectivity index (χ4n) is 8.22. The van der Waals surface area contributed by atoms with Crippen LogP contribution in [0.4, 0.5) is 11.6 Å². The number of nitrogens with one attached hydrogen (secondary N) is 2. The zero-order valence-electron chi connectivity index (χ0n) is 35.1. The number of nitrogens with zero attached hydrogens (tertiary/aromatic N) is 4. The highest BCUT2D eigenvalue weighted by atomic mass is 16.5. The molecule has 3 unspecified atom stereocenters. The summed E-state index contributed by atoms with van der Waals surface area (Å²) < 4.78 is 5.64. The van der Waals surface area contributed by atoms with Gasteiger partial charge in [-0.3, -0.25) is 14.4 Å². The van der Waals surface area contributed by atoms with Gasteiger partial charge in [-0.15, -0.1) is 11.8 Å². The molecule has 2 N–H and O–H groups in total. The number of hydrogen-bond acceptors (Lipinski definition) is 10. The number of allylic oxidation sites excluding steroid dienone is 2. The van der Waals surface area contributed by atoms with Crippen LogP contribution in [0, 0.1) is 85.9 Å². The first-order valence-corrected chi connectivity index (χ1v) is 19.4. The second-order valence-corrected chi connectivity index (χ2v) is 14.8. The van der Waals surface area contributed by atoms with E-state index in [1.54, 1.807) is 46.3 Å². The van der Waals surface area contributed by atoms with E-state index in [1.165, 1.54) is 0 Å². The normalized spacial score (nSPS) is 16.8. The lowest BCUT2D eigenvalue weighted by Crippen LogP contribution is -2.19. The first-order valence-electron chi connectivity index (χ1n) is 19.4. The first-order chi connectivity index (χ1) is 28.3. The number of carbonyl (C=O) groups excluding carboxylic acids is 3. The van der Waals surface area contributed by atoms with Gasteiger partial charge in [-0.05, 0) is 130 Å². The maximum Gasteiger partial charge on any atom is 0.170 e. The zero-order valence-corrected chi connectivity index (χ0v) is 35.1. The molecule has 1 saturated carbocycles. The van der Waals surface area contributed by atoms with Crippen molar-refractivity contribution >= 4 is 34.6 Å². The van der Waals surface area contributed by atoms with Gasteiger partial charge in [0.15, 0.2) is 11.6 Å². The third-order valence-corrected chi connectivity index (χ3v) is 10.8. The molecule has 1 fully saturated rings. The van der Waals surface area contributed by atoms with Crippen LogP contribution >= 0.6 is 0 Å². The van der Waals surface area contributed by atoms with Crippen LogP contribution in [0.15, 0.2) is 54.3 Å². The van der Waals surface area contributed by atoms with Gasteiger partial charge in [0.2, 0.25) is 0 Å². The van der Waals surface area contributed by atoms with Crippen LogP contribution < -0.4 is 10.6 Å². The number of ether oxygens (including phenoxy) is 1. The molecular weight excluding hydrogens is 737 g/mol. The minimum Gasteiger partial charge on any atom is -0.500 e. The van der Waals surface area contributed by atoms with Crippen molar-refractivity contribution in [3.8, 4) is 35.8 Å². The Balaban J connectivity index is 0.000000224. The molecule has 2 aromatic heterocycles. The molecule has 2 heterocycles. The molecule has 298 valence electrons. The molecule has 59 heavy (non-hydrogen) atoms. The van der Waals surface area contributed by atoms with Crippen molar-refractivity contribution in [2.24, 2.45) is 11.8 Å². The van der Waals surface area contributed by atoms with Crippen molar-refractivity contribution in [3.05, 3.63) is 121 Å². The molecule has 10 nitrogen and oxygen atoms in total. The Hall–Kier alpha value is -7.01. The third kappa shape index (κ3) is 9.26. The highest BCUT2D eigenvalue weighted by Gasteiger charge is 2.43. The van der Waals surface area contributed by atoms with Crippen LogP contribution in [0.3, 0.4) is 0 Å². The van der Waals surface area contributed by atoms with Crippen molar-refractivity contribution in [2.45, 2.75) is 73.1 Å². The fourth-order valence-corrected chi connectivity index (χ4v) is 8.22. The van der Waals surface area contributed by atoms with Gasteiger partial charge in [0.25, 0.3) is 0 Å². The number of Topliss-reactive ketones (excluding diaryl/α,β-unsaturated/α-hetero) is 3. The molecule has 10 heteroatoms. The smallest absolute Gasteiger partial charge is 0.170 e. The average molecular weight is 785 g/mol. The van der Waals surface area contributed by atoms with E-state index in [-0.39, 0.29) is 29.7 Å². The molecule has 2 aliphatic rings. The summed E-state index contributed by atoms with van der Waals surface area (Å²) in [6.07, 6.45) is 1.64. The molecule has 0 radical (unpaired) electrons. The van der Waals surface area contributed by atoms with Gasteiger partial charge < -0.3 is 15.4 Å². The number of carbonyl (C=O) groups is 3. The lowest BCUT2D eigenvalue weighted by Gasteiger charge is -2.16. The van der Waals surface area contributed by atoms with E-state index < -0.39 is 11.8 Å². The molecule has 2 aromatic carbocycles. The number of aromatic nitrogens is 2. The van der Waals surface area contributed by atoms with Gasteiger partial charge in [0, 0.05) is 67.7 Å². The maximum absolute atomic E-state index is 13.4. The number of anilines is 2. The van der Waals surface area contributed by atoms with Gasteiger partial charge in [0.1, 0.15) is 41.2 Å². The Kier molecular flexibility index (Phi) is 13.9. The van der Waals surface area contributed by atoms with Crippen LogP contribution in [0.2, 0.25) is 0 Å². The van der Waals surface area contributed by atoms with Crippen LogP contribution in [0.5, 0.6) is 0 Å². The molecule has 3 atom stereocenters. The van der Waals surface area contributed by atoms with E-state index >= 15 is 0 Å². The predicted molar refractivity (Wildman–Crippen MR) is 229 cm³/mol. The summed E-state index contributed by atoms with van der Waals surface area (Å²) in [5, 5.41) is 24.2. The summed E-state index contributed by atoms with van der Waals surface area (Å²) in [4.78, 5) is 48.3. The van der Waals surface area contributed by atoms with E-state index in [2.05, 4.69) is 56.4 Å². The quantitative estimate of drug-likeness (QED) is 0.128. The standard InChI is InChI=1S/C25H25N3O2.C24H23N3O2/c1-6-7-17-10-15(2)22(16(3)11-17)23-21(30-5)13-19(24(23)29)12-20-9-8-18(14-26)25(27-4)28-20;1-5-6-16-9-14(2)21(15(3)10-16)22-20(28)12-18(23(22)29)11-19-8-7-17(13-25)24(26-4)27-19/h8-11,19H,12-13H2,1-5H3,(H,27,28);7-10,18,22H,11-12H2,1-4H3,(H,26,27). The number of ketones is 3. The first kappa shape index (κ1) is 43.1. The molecule has 0 spiro atoms. The van der Waals surface area contributed by atoms with E-state index in [1.807, 2.05) is 65.0 Å². The number of pyridine rings is 2. The van der Waals surface area contributed by atoms with Crippen molar-refractivity contribution in [3.63, 3.8) is 0 Å². The molecule has 0 amide bonds. The van der Waals surface area contributed by atoms with E-state index in [0.717, 1.165) is 50.2 Å². The fraction of sp³-hybridized carbons (Fsp3) is 0.327. The number of methoxy groups -OCH3 is 1. The minimum atomic E-state index is -0.717. The number of hydrogen-bond donors (Lipinski definition) is 2. The van der Waals surface area contributed by atoms with Gasteiger partial charge >= 0.3 is 0 Å². The predicted octanol–water partition coefficient (Wildman–Crippen LogP) is 7.64. The molecule has 0 bridgehead atoms. The Bertz CT molecular complexity index is 2560.